The van der Waals surface area contributed by atoms with E-state index < -0.39 is 4.92 Å². The second-order valence-corrected chi connectivity index (χ2v) is 4.60. The molecular weight excluding hydrogens is 280 g/mol. The molecule has 0 amide bonds. The zero-order chi connectivity index (χ0) is 15.4. The van der Waals surface area contributed by atoms with E-state index in [1.54, 1.807) is 30.5 Å². The van der Waals surface area contributed by atoms with Crippen molar-refractivity contribution in [1.29, 1.82) is 0 Å². The van der Waals surface area contributed by atoms with Crippen LogP contribution in [0.5, 0.6) is 0 Å². The molecule has 0 atom stereocenters. The minimum Gasteiger partial charge on any atom is -0.455 e. The van der Waals surface area contributed by atoms with Crippen LogP contribution < -0.4 is 0 Å². The number of para-hydroxylation sites is 1. The van der Waals surface area contributed by atoms with E-state index in [-0.39, 0.29) is 5.69 Å². The Bertz CT molecular complexity index is 823. The fraction of sp³-hybridized carbons (Fsp3) is 0. The highest BCUT2D eigenvalue weighted by atomic mass is 16.6. The fourth-order valence-electron chi connectivity index (χ4n) is 2.00. The molecule has 0 N–H and O–H groups in total. The molecule has 2 aromatic carbocycles. The number of nitro groups is 1. The summed E-state index contributed by atoms with van der Waals surface area (Å²) in [5.74, 6) is 1.16. The van der Waals surface area contributed by atoms with Crippen LogP contribution in [0.4, 0.5) is 11.4 Å². The van der Waals surface area contributed by atoms with E-state index >= 15 is 0 Å². The first-order valence-electron chi connectivity index (χ1n) is 6.66. The van der Waals surface area contributed by atoms with E-state index in [0.717, 1.165) is 5.69 Å². The van der Waals surface area contributed by atoms with Crippen LogP contribution in [-0.2, 0) is 0 Å². The summed E-state index contributed by atoms with van der Waals surface area (Å²) in [6, 6.07) is 19.4. The normalized spacial score (nSPS) is 10.9. The number of nitro benzene ring substituents is 1. The lowest BCUT2D eigenvalue weighted by Crippen LogP contribution is -1.87. The van der Waals surface area contributed by atoms with Crippen molar-refractivity contribution in [2.24, 2.45) is 4.99 Å². The first-order valence-corrected chi connectivity index (χ1v) is 6.66. The Kier molecular flexibility index (Phi) is 3.78. The molecule has 5 nitrogen and oxygen atoms in total. The van der Waals surface area contributed by atoms with E-state index in [9.17, 15) is 10.1 Å². The summed E-state index contributed by atoms with van der Waals surface area (Å²) < 4.78 is 5.65. The van der Waals surface area contributed by atoms with Crippen molar-refractivity contribution >= 4 is 17.6 Å². The number of nitrogens with zero attached hydrogens (tertiary/aromatic N) is 2. The molecule has 0 unspecified atom stereocenters. The van der Waals surface area contributed by atoms with Crippen molar-refractivity contribution < 1.29 is 9.34 Å². The first kappa shape index (κ1) is 13.8. The standard InChI is InChI=1S/C17H12N2O3/c20-19(21)15-8-4-5-13(11-15)17-10-9-16(22-17)12-18-14-6-2-1-3-7-14/h1-12H. The van der Waals surface area contributed by atoms with Gasteiger partial charge in [0.1, 0.15) is 11.5 Å². The molecule has 0 saturated heterocycles. The average molecular weight is 292 g/mol. The maximum Gasteiger partial charge on any atom is 0.270 e. The highest BCUT2D eigenvalue weighted by Crippen LogP contribution is 2.25. The largest absolute Gasteiger partial charge is 0.455 e. The number of hydrogen-bond donors (Lipinski definition) is 0. The Labute approximate surface area is 126 Å². The highest BCUT2D eigenvalue weighted by molar-refractivity contribution is 5.80. The highest BCUT2D eigenvalue weighted by Gasteiger charge is 2.09. The summed E-state index contributed by atoms with van der Waals surface area (Å²) in [5.41, 5.74) is 1.53. The predicted octanol–water partition coefficient (Wildman–Crippen LogP) is 4.61. The summed E-state index contributed by atoms with van der Waals surface area (Å²) in [4.78, 5) is 14.7. The fourth-order valence-corrected chi connectivity index (χ4v) is 2.00. The average Bonchev–Trinajstić information content (AvgIpc) is 3.03. The summed E-state index contributed by atoms with van der Waals surface area (Å²) in [6.45, 7) is 0. The monoisotopic (exact) mass is 292 g/mol. The van der Waals surface area contributed by atoms with Crippen molar-refractivity contribution in [2.45, 2.75) is 0 Å². The van der Waals surface area contributed by atoms with Gasteiger partial charge in [0.25, 0.3) is 5.69 Å². The van der Waals surface area contributed by atoms with E-state index in [1.807, 2.05) is 30.3 Å². The summed E-state index contributed by atoms with van der Waals surface area (Å²) in [6.07, 6.45) is 1.62. The Hall–Kier alpha value is -3.21. The second kappa shape index (κ2) is 6.05. The topological polar surface area (TPSA) is 68.6 Å². The maximum atomic E-state index is 10.8. The molecule has 0 aliphatic carbocycles. The molecule has 5 heteroatoms. The molecule has 3 rings (SSSR count). The third kappa shape index (κ3) is 3.09. The zero-order valence-corrected chi connectivity index (χ0v) is 11.5. The van der Waals surface area contributed by atoms with Crippen molar-refractivity contribution in [3.63, 3.8) is 0 Å². The van der Waals surface area contributed by atoms with E-state index in [1.165, 1.54) is 12.1 Å². The quantitative estimate of drug-likeness (QED) is 0.400. The lowest BCUT2D eigenvalue weighted by atomic mass is 10.1. The Morgan fingerprint density at radius 3 is 2.59 bits per heavy atom. The number of aliphatic imine (C=N–C) groups is 1. The molecule has 108 valence electrons. The Balaban J connectivity index is 1.83. The van der Waals surface area contributed by atoms with Crippen LogP contribution >= 0.6 is 0 Å². The lowest BCUT2D eigenvalue weighted by Gasteiger charge is -1.96. The third-order valence-corrected chi connectivity index (χ3v) is 3.07. The van der Waals surface area contributed by atoms with Gasteiger partial charge in [0.05, 0.1) is 16.8 Å². The van der Waals surface area contributed by atoms with Crippen LogP contribution in [0.25, 0.3) is 11.3 Å². The van der Waals surface area contributed by atoms with Gasteiger partial charge in [-0.25, -0.2) is 0 Å². The van der Waals surface area contributed by atoms with Gasteiger partial charge in [-0.3, -0.25) is 15.1 Å². The van der Waals surface area contributed by atoms with Crippen molar-refractivity contribution in [3.8, 4) is 11.3 Å². The van der Waals surface area contributed by atoms with Gasteiger partial charge in [0.2, 0.25) is 0 Å². The Morgan fingerprint density at radius 2 is 1.82 bits per heavy atom. The van der Waals surface area contributed by atoms with Crippen molar-refractivity contribution in [2.75, 3.05) is 0 Å². The number of furan rings is 1. The smallest absolute Gasteiger partial charge is 0.270 e. The van der Waals surface area contributed by atoms with Crippen LogP contribution in [-0.4, -0.2) is 11.1 Å². The molecular formula is C17H12N2O3. The summed E-state index contributed by atoms with van der Waals surface area (Å²) in [5, 5.41) is 10.8. The van der Waals surface area contributed by atoms with Gasteiger partial charge < -0.3 is 4.42 Å². The van der Waals surface area contributed by atoms with Gasteiger partial charge in [0.15, 0.2) is 0 Å². The Morgan fingerprint density at radius 1 is 1.00 bits per heavy atom. The van der Waals surface area contributed by atoms with Crippen LogP contribution in [0, 0.1) is 10.1 Å². The molecule has 0 radical (unpaired) electrons. The molecule has 1 heterocycles. The zero-order valence-electron chi connectivity index (χ0n) is 11.5. The van der Waals surface area contributed by atoms with E-state index in [2.05, 4.69) is 4.99 Å². The maximum absolute atomic E-state index is 10.8. The number of hydrogen-bond acceptors (Lipinski definition) is 4. The third-order valence-electron chi connectivity index (χ3n) is 3.07. The van der Waals surface area contributed by atoms with Crippen molar-refractivity contribution in [1.82, 2.24) is 0 Å². The van der Waals surface area contributed by atoms with E-state index in [0.29, 0.717) is 17.1 Å². The molecule has 0 aliphatic heterocycles. The molecule has 1 aromatic heterocycles. The van der Waals surface area contributed by atoms with E-state index in [4.69, 9.17) is 4.42 Å². The molecule has 0 aliphatic rings. The number of rotatable bonds is 4. The second-order valence-electron chi connectivity index (χ2n) is 4.60. The van der Waals surface area contributed by atoms with Gasteiger partial charge in [0, 0.05) is 17.7 Å². The minimum absolute atomic E-state index is 0.0356. The summed E-state index contributed by atoms with van der Waals surface area (Å²) in [7, 11) is 0. The van der Waals surface area contributed by atoms with Gasteiger partial charge >= 0.3 is 0 Å². The predicted molar refractivity (Wildman–Crippen MR) is 84.5 cm³/mol. The number of non-ortho nitro benzene ring substituents is 1. The van der Waals surface area contributed by atoms with Gasteiger partial charge in [-0.1, -0.05) is 30.3 Å². The minimum atomic E-state index is -0.426. The molecule has 0 spiro atoms. The number of benzene rings is 2. The van der Waals surface area contributed by atoms with Gasteiger partial charge in [-0.2, -0.15) is 0 Å². The van der Waals surface area contributed by atoms with Crippen molar-refractivity contribution in [3.05, 3.63) is 82.6 Å². The van der Waals surface area contributed by atoms with Crippen LogP contribution in [0.3, 0.4) is 0 Å². The van der Waals surface area contributed by atoms with Crippen LogP contribution in [0.1, 0.15) is 5.76 Å². The molecule has 0 bridgehead atoms. The molecule has 0 fully saturated rings. The van der Waals surface area contributed by atoms with Gasteiger partial charge in [-0.15, -0.1) is 0 Å². The van der Waals surface area contributed by atoms with Crippen LogP contribution in [0.2, 0.25) is 0 Å². The SMILES string of the molecule is O=[N+]([O-])c1cccc(-c2ccc(C=Nc3ccccc3)o2)c1. The molecule has 0 saturated carbocycles. The van der Waals surface area contributed by atoms with Crippen LogP contribution in [0.15, 0.2) is 76.1 Å². The first-order chi connectivity index (χ1) is 10.7. The lowest BCUT2D eigenvalue weighted by molar-refractivity contribution is -0.384. The summed E-state index contributed by atoms with van der Waals surface area (Å²) >= 11 is 0. The molecule has 3 aromatic rings. The molecule has 22 heavy (non-hydrogen) atoms. The van der Waals surface area contributed by atoms with Gasteiger partial charge in [-0.05, 0) is 24.3 Å².